The summed E-state index contributed by atoms with van der Waals surface area (Å²) in [5, 5.41) is 23.5. The van der Waals surface area contributed by atoms with Crippen molar-refractivity contribution in [1.29, 1.82) is 0 Å². The third kappa shape index (κ3) is 38.1. The zero-order chi connectivity index (χ0) is 36.6. The van der Waals surface area contributed by atoms with Crippen molar-refractivity contribution in [1.82, 2.24) is 15.0 Å². The van der Waals surface area contributed by atoms with Gasteiger partial charge in [0.2, 0.25) is 0 Å². The summed E-state index contributed by atoms with van der Waals surface area (Å²) in [4.78, 5) is 36.0. The van der Waals surface area contributed by atoms with E-state index in [2.05, 4.69) is 126 Å². The van der Waals surface area contributed by atoms with E-state index in [4.69, 9.17) is 9.94 Å². The zero-order valence-electron chi connectivity index (χ0n) is 28.4. The van der Waals surface area contributed by atoms with Crippen molar-refractivity contribution in [2.45, 2.75) is 79.9 Å². The number of oxime groups is 1. The molecule has 1 saturated heterocycles. The molecule has 0 saturated carbocycles. The van der Waals surface area contributed by atoms with E-state index < -0.39 is 11.2 Å². The Hall–Kier alpha value is 0.386. The summed E-state index contributed by atoms with van der Waals surface area (Å²) in [6.07, 6.45) is 4.52. The van der Waals surface area contributed by atoms with Crippen LogP contribution >= 0.6 is 95.6 Å². The summed E-state index contributed by atoms with van der Waals surface area (Å²) in [5.41, 5.74) is 0.822. The largest absolute Gasteiger partial charge is 1.00 e. The van der Waals surface area contributed by atoms with Crippen molar-refractivity contribution in [2.75, 3.05) is 13.2 Å². The van der Waals surface area contributed by atoms with Gasteiger partial charge < -0.3 is 25.4 Å². The van der Waals surface area contributed by atoms with Crippen LogP contribution in [0.2, 0.25) is 0 Å². The minimum absolute atomic E-state index is 0. The Morgan fingerprint density at radius 3 is 1.44 bits per heavy atom. The van der Waals surface area contributed by atoms with E-state index in [0.29, 0.717) is 31.4 Å². The maximum Gasteiger partial charge on any atom is 1.00 e. The molecule has 1 aliphatic rings. The Labute approximate surface area is 388 Å². The van der Waals surface area contributed by atoms with E-state index in [1.165, 1.54) is 19.1 Å². The van der Waals surface area contributed by atoms with E-state index in [1.807, 2.05) is 25.1 Å². The summed E-state index contributed by atoms with van der Waals surface area (Å²) < 4.78 is 9.74. The van der Waals surface area contributed by atoms with Crippen molar-refractivity contribution >= 4 is 108 Å². The summed E-state index contributed by atoms with van der Waals surface area (Å²) in [5.74, 6) is 0. The SMILES string of the molecule is C.C1CCOC1.CC(C)(C)ON=O.CC(C)(C)[O-].Cc1nc(Br)ccc1Br.O.O/N=C\c1nc(Br)ccc1Br.O=Cc1nc(Br)ccc1Br.[K+]. The number of carbonyl (C=O) groups is 1. The molecule has 3 aromatic rings. The number of halogens is 6. The Kier molecular flexibility index (Phi) is 40.5. The van der Waals surface area contributed by atoms with Crippen LogP contribution in [0.15, 0.2) is 74.1 Å². The molecule has 0 amide bonds. The summed E-state index contributed by atoms with van der Waals surface area (Å²) >= 11 is 19.4. The Bertz CT molecular complexity index is 1370. The molecule has 0 radical (unpaired) electrons. The molecule has 3 N–H and O–H groups in total. The predicted molar refractivity (Wildman–Crippen MR) is 215 cm³/mol. The van der Waals surface area contributed by atoms with Gasteiger partial charge in [-0.3, -0.25) is 4.79 Å². The number of hydrogen-bond acceptors (Lipinski definition) is 11. The molecule has 12 nitrogen and oxygen atoms in total. The molecule has 4 heterocycles. The van der Waals surface area contributed by atoms with E-state index in [1.54, 1.807) is 59.7 Å². The second-order valence-electron chi connectivity index (χ2n) is 10.8. The Balaban J connectivity index is -0.000000164. The first-order chi connectivity index (χ1) is 21.7. The molecule has 0 spiro atoms. The van der Waals surface area contributed by atoms with Crippen LogP contribution in [0.3, 0.4) is 0 Å². The van der Waals surface area contributed by atoms with E-state index in [9.17, 15) is 14.8 Å². The first kappa shape index (κ1) is 59.7. The van der Waals surface area contributed by atoms with Crippen LogP contribution in [0.4, 0.5) is 0 Å². The van der Waals surface area contributed by atoms with E-state index >= 15 is 0 Å². The zero-order valence-corrected chi connectivity index (χ0v) is 41.1. The predicted octanol–water partition coefficient (Wildman–Crippen LogP) is 6.99. The number of aldehydes is 1. The quantitative estimate of drug-likeness (QED) is 0.0548. The number of pyridine rings is 3. The first-order valence-corrected chi connectivity index (χ1v) is 18.3. The number of carbonyl (C=O) groups excluding carboxylic acids is 1. The van der Waals surface area contributed by atoms with Gasteiger partial charge in [-0.15, -0.1) is 10.5 Å². The number of ether oxygens (including phenoxy) is 1. The van der Waals surface area contributed by atoms with Crippen LogP contribution in [-0.2, 0) is 9.57 Å². The van der Waals surface area contributed by atoms with Crippen molar-refractivity contribution in [3.63, 3.8) is 0 Å². The van der Waals surface area contributed by atoms with Gasteiger partial charge in [0.25, 0.3) is 0 Å². The number of hydrogen-bond donors (Lipinski definition) is 1. The van der Waals surface area contributed by atoms with Crippen molar-refractivity contribution in [3.8, 4) is 0 Å². The van der Waals surface area contributed by atoms with E-state index in [-0.39, 0.29) is 64.3 Å². The van der Waals surface area contributed by atoms with Gasteiger partial charge in [-0.05, 0) is 173 Å². The minimum atomic E-state index is -0.750. The van der Waals surface area contributed by atoms with Crippen LogP contribution in [0.1, 0.15) is 83.7 Å². The Morgan fingerprint density at radius 1 is 0.800 bits per heavy atom. The molecule has 19 heteroatoms. The fourth-order valence-corrected chi connectivity index (χ4v) is 4.13. The van der Waals surface area contributed by atoms with Gasteiger partial charge in [0.05, 0.1) is 11.9 Å². The molecule has 0 unspecified atom stereocenters. The molecule has 0 aliphatic carbocycles. The molecule has 1 aliphatic heterocycles. The van der Waals surface area contributed by atoms with E-state index in [0.717, 1.165) is 32.5 Å². The molecule has 50 heavy (non-hydrogen) atoms. The number of nitrogens with zero attached hydrogens (tertiary/aromatic N) is 5. The van der Waals surface area contributed by atoms with Crippen LogP contribution in [-0.4, -0.2) is 62.6 Å². The van der Waals surface area contributed by atoms with Crippen LogP contribution in [0, 0.1) is 11.8 Å². The third-order valence-corrected chi connectivity index (χ3v) is 7.60. The van der Waals surface area contributed by atoms with Gasteiger partial charge in [-0.1, -0.05) is 33.4 Å². The molecular weight excluding hydrogens is 1070 g/mol. The number of rotatable bonds is 3. The van der Waals surface area contributed by atoms with Crippen LogP contribution in [0.5, 0.6) is 0 Å². The normalized spacial score (nSPS) is 11.1. The summed E-state index contributed by atoms with van der Waals surface area (Å²) in [7, 11) is 0. The van der Waals surface area contributed by atoms with Gasteiger partial charge in [0.15, 0.2) is 11.6 Å². The first-order valence-electron chi connectivity index (χ1n) is 13.6. The fraction of sp³-hybridized carbons (Fsp3) is 0.452. The average molecular weight is 1120 g/mol. The number of aromatic nitrogens is 3. The number of aryl methyl sites for hydroxylation is 1. The Morgan fingerprint density at radius 2 is 1.18 bits per heavy atom. The molecule has 0 aromatic carbocycles. The van der Waals surface area contributed by atoms with Crippen molar-refractivity contribution < 1.29 is 81.5 Å². The smallest absolute Gasteiger partial charge is 0.850 e. The van der Waals surface area contributed by atoms with Gasteiger partial charge in [0.1, 0.15) is 30.8 Å². The third-order valence-electron chi connectivity index (χ3n) is 4.10. The van der Waals surface area contributed by atoms with Gasteiger partial charge in [-0.25, -0.2) is 15.0 Å². The molecule has 3 aromatic heterocycles. The van der Waals surface area contributed by atoms with Gasteiger partial charge >= 0.3 is 51.4 Å². The topological polar surface area (TPSA) is 191 Å². The fourth-order valence-electron chi connectivity index (χ4n) is 2.23. The van der Waals surface area contributed by atoms with Crippen LogP contribution in [0.25, 0.3) is 0 Å². The average Bonchev–Trinajstić information content (AvgIpc) is 3.55. The minimum Gasteiger partial charge on any atom is -0.850 e. The van der Waals surface area contributed by atoms with Crippen LogP contribution < -0.4 is 56.5 Å². The molecule has 4 rings (SSSR count). The maximum absolute atomic E-state index is 10.3. The second-order valence-corrected chi connectivity index (χ2v) is 15.8. The van der Waals surface area contributed by atoms with Gasteiger partial charge in [0, 0.05) is 26.6 Å². The standard InChI is InChI=1S/C6H4Br2N2O.C6H3Br2NO.C6H5Br2N.C4H9NO2.C4H8O.C4H9O.CH4.K.H2O/c7-4-1-2-6(8)10-5(4)3-9-11;7-4-1-2-6(8)9-5(4)3-10;1-4-5(7)2-3-6(8)9-4;1-4(2,3)7-5-6;1-2-4-5-3-1;1-4(2,3)5;;;/h1-3,11H;1-3H;2-3H,1H3;1-3H3;1-4H2;1-3H3;1H4;;1H2/q;;;;;-1;;+1;/b9-3-;;;;;;;;. The van der Waals surface area contributed by atoms with Crippen molar-refractivity contribution in [3.05, 3.63) is 85.6 Å². The monoisotopic (exact) mass is 1110 g/mol. The molecule has 278 valence electrons. The van der Waals surface area contributed by atoms with Crippen molar-refractivity contribution in [2.24, 2.45) is 10.5 Å². The summed E-state index contributed by atoms with van der Waals surface area (Å²) in [6.45, 7) is 14.1. The summed E-state index contributed by atoms with van der Waals surface area (Å²) in [6, 6.07) is 11.0. The molecular formula is C31H44Br6KN5O7. The maximum atomic E-state index is 10.3. The molecule has 0 atom stereocenters. The molecule has 1 fully saturated rings. The second kappa shape index (κ2) is 33.9. The molecule has 0 bridgehead atoms. The van der Waals surface area contributed by atoms with Gasteiger partial charge in [-0.2, -0.15) is 0 Å².